The molecule has 0 bridgehead atoms. The molecule has 9 heteroatoms. The molecular weight excluding hydrogens is 491 g/mol. The van der Waals surface area contributed by atoms with E-state index >= 15 is 0 Å². The topological polar surface area (TPSA) is 70.6 Å². The van der Waals surface area contributed by atoms with E-state index in [4.69, 9.17) is 5.73 Å². The normalized spacial score (nSPS) is 16.9. The van der Waals surface area contributed by atoms with E-state index in [-0.39, 0.29) is 24.2 Å². The summed E-state index contributed by atoms with van der Waals surface area (Å²) in [5.41, 5.74) is 7.22. The molecule has 27 heavy (non-hydrogen) atoms. The molecule has 3 rings (SSSR count). The Hall–Kier alpha value is -2.00. The molecule has 142 valence electrons. The highest BCUT2D eigenvalue weighted by atomic mass is 79.9. The third-order valence-corrected chi connectivity index (χ3v) is 5.31. The van der Waals surface area contributed by atoms with Gasteiger partial charge in [0.2, 0.25) is 0 Å². The quantitative estimate of drug-likeness (QED) is 0.384. The Morgan fingerprint density at radius 3 is 2.44 bits per heavy atom. The van der Waals surface area contributed by atoms with Gasteiger partial charge in [0.25, 0.3) is 0 Å². The summed E-state index contributed by atoms with van der Waals surface area (Å²) in [6.45, 7) is 0.172. The lowest BCUT2D eigenvalue weighted by Gasteiger charge is -2.12. The first kappa shape index (κ1) is 19.8. The summed E-state index contributed by atoms with van der Waals surface area (Å²) in [6, 6.07) is 7.90. The smallest absolute Gasteiger partial charge is 0.416 e. The van der Waals surface area contributed by atoms with Gasteiger partial charge in [0.05, 0.1) is 22.6 Å². The second-order valence-electron chi connectivity index (χ2n) is 5.87. The van der Waals surface area contributed by atoms with E-state index in [9.17, 15) is 18.3 Å². The number of rotatable bonds is 4. The number of anilines is 1. The molecule has 0 heterocycles. The molecule has 0 radical (unpaired) electrons. The fourth-order valence-electron chi connectivity index (χ4n) is 2.69. The van der Waals surface area contributed by atoms with Crippen LogP contribution in [0.4, 0.5) is 18.9 Å². The summed E-state index contributed by atoms with van der Waals surface area (Å²) in [5, 5.41) is 13.1. The second kappa shape index (κ2) is 7.55. The summed E-state index contributed by atoms with van der Waals surface area (Å²) < 4.78 is 39.0. The van der Waals surface area contributed by atoms with Crippen molar-refractivity contribution in [3.8, 4) is 5.75 Å². The van der Waals surface area contributed by atoms with Crippen molar-refractivity contribution in [3.63, 3.8) is 0 Å². The third-order valence-electron chi connectivity index (χ3n) is 4.01. The summed E-state index contributed by atoms with van der Waals surface area (Å²) in [5.74, 6) is 0.404. The number of alkyl halides is 3. The lowest BCUT2D eigenvalue weighted by atomic mass is 10.1. The molecule has 4 N–H and O–H groups in total. The van der Waals surface area contributed by atoms with Crippen LogP contribution in [0.3, 0.4) is 0 Å². The van der Waals surface area contributed by atoms with Crippen LogP contribution in [0.5, 0.6) is 5.75 Å². The molecule has 0 fully saturated rings. The average Bonchev–Trinajstić information content (AvgIpc) is 2.92. The number of hydrogen-bond donors (Lipinski definition) is 3. The molecule has 2 aromatic rings. The number of aliphatic imine (C=N–C) groups is 1. The number of hydrogen-bond acceptors (Lipinski definition) is 3. The van der Waals surface area contributed by atoms with Crippen LogP contribution in [-0.2, 0) is 6.18 Å². The van der Waals surface area contributed by atoms with Crippen LogP contribution in [0.2, 0.25) is 0 Å². The first-order valence-corrected chi connectivity index (χ1v) is 9.37. The Kier molecular flexibility index (Phi) is 5.53. The van der Waals surface area contributed by atoms with Crippen molar-refractivity contribution in [2.75, 3.05) is 11.9 Å². The number of amidine groups is 1. The summed E-state index contributed by atoms with van der Waals surface area (Å²) in [7, 11) is 0. The van der Waals surface area contributed by atoms with E-state index in [1.165, 1.54) is 12.1 Å². The fourth-order valence-corrected chi connectivity index (χ4v) is 3.69. The van der Waals surface area contributed by atoms with Crippen LogP contribution in [0.1, 0.15) is 22.7 Å². The van der Waals surface area contributed by atoms with E-state index in [0.29, 0.717) is 20.2 Å². The van der Waals surface area contributed by atoms with Gasteiger partial charge >= 0.3 is 6.18 Å². The van der Waals surface area contributed by atoms with E-state index in [0.717, 1.165) is 17.7 Å². The van der Waals surface area contributed by atoms with Gasteiger partial charge < -0.3 is 16.2 Å². The summed E-state index contributed by atoms with van der Waals surface area (Å²) in [6.07, 6.45) is -2.54. The number of fused-ring (bicyclic) bond motifs is 1. The highest BCUT2D eigenvalue weighted by Crippen LogP contribution is 2.46. The summed E-state index contributed by atoms with van der Waals surface area (Å²) >= 11 is 6.69. The Morgan fingerprint density at radius 2 is 1.81 bits per heavy atom. The van der Waals surface area contributed by atoms with E-state index in [2.05, 4.69) is 42.2 Å². The molecular formula is C18H14Br2F3N3O. The van der Waals surface area contributed by atoms with Crippen LogP contribution in [-0.4, -0.2) is 17.5 Å². The number of phenolic OH excluding ortho intramolecular Hbond substituents is 1. The highest BCUT2D eigenvalue weighted by Gasteiger charge is 2.30. The van der Waals surface area contributed by atoms with Gasteiger partial charge in [-0.1, -0.05) is 22.0 Å². The van der Waals surface area contributed by atoms with E-state index < -0.39 is 11.7 Å². The first-order chi connectivity index (χ1) is 12.7. The zero-order chi connectivity index (χ0) is 19.8. The van der Waals surface area contributed by atoms with Gasteiger partial charge in [-0.3, -0.25) is 4.99 Å². The maximum atomic E-state index is 12.6. The van der Waals surface area contributed by atoms with Crippen molar-refractivity contribution in [1.82, 2.24) is 0 Å². The lowest BCUT2D eigenvalue weighted by molar-refractivity contribution is -0.137. The number of halogens is 5. The molecule has 1 unspecified atom stereocenters. The standard InChI is InChI=1S/C18H14Br2F3N3O/c19-12-6-5-11-14(7-13(20)16(11)17(12)27)26-15(24)8-25-10-3-1-9(2-4-10)18(21,22)23/h1-7,14,25,27H,8H2,(H2,24,26). The van der Waals surface area contributed by atoms with Crippen LogP contribution in [0, 0.1) is 0 Å². The molecule has 1 aliphatic rings. The predicted octanol–water partition coefficient (Wildman–Crippen LogP) is 5.43. The molecule has 2 aromatic carbocycles. The van der Waals surface area contributed by atoms with Gasteiger partial charge in [0, 0.05) is 15.7 Å². The molecule has 0 saturated heterocycles. The fraction of sp³-hybridized carbons (Fsp3) is 0.167. The average molecular weight is 505 g/mol. The van der Waals surface area contributed by atoms with Crippen LogP contribution < -0.4 is 11.1 Å². The zero-order valence-corrected chi connectivity index (χ0v) is 16.9. The first-order valence-electron chi connectivity index (χ1n) is 7.79. The number of nitrogens with two attached hydrogens (primary N) is 1. The van der Waals surface area contributed by atoms with Gasteiger partial charge in [0.15, 0.2) is 0 Å². The Labute approximate surface area is 170 Å². The molecule has 0 amide bonds. The second-order valence-corrected chi connectivity index (χ2v) is 7.58. The SMILES string of the molecule is NC(CNc1ccc(C(F)(F)F)cc1)=NC1C=C(Br)c2c1ccc(Br)c2O. The van der Waals surface area contributed by atoms with Gasteiger partial charge in [0.1, 0.15) is 11.6 Å². The largest absolute Gasteiger partial charge is 0.506 e. The minimum absolute atomic E-state index is 0.120. The summed E-state index contributed by atoms with van der Waals surface area (Å²) in [4.78, 5) is 4.43. The maximum absolute atomic E-state index is 12.6. The van der Waals surface area contributed by atoms with Gasteiger partial charge in [-0.2, -0.15) is 13.2 Å². The Morgan fingerprint density at radius 1 is 1.15 bits per heavy atom. The van der Waals surface area contributed by atoms with Crippen molar-refractivity contribution in [2.24, 2.45) is 10.7 Å². The van der Waals surface area contributed by atoms with Gasteiger partial charge in [-0.25, -0.2) is 0 Å². The number of aromatic hydroxyl groups is 1. The van der Waals surface area contributed by atoms with Crippen molar-refractivity contribution in [3.05, 3.63) is 63.6 Å². The van der Waals surface area contributed by atoms with Crippen molar-refractivity contribution in [1.29, 1.82) is 0 Å². The van der Waals surface area contributed by atoms with E-state index in [1.807, 2.05) is 12.1 Å². The zero-order valence-electron chi connectivity index (χ0n) is 13.7. The number of benzene rings is 2. The third kappa shape index (κ3) is 4.30. The van der Waals surface area contributed by atoms with Gasteiger partial charge in [-0.15, -0.1) is 0 Å². The maximum Gasteiger partial charge on any atom is 0.416 e. The van der Waals surface area contributed by atoms with Gasteiger partial charge in [-0.05, 0) is 57.9 Å². The molecule has 0 aliphatic heterocycles. The molecule has 1 aliphatic carbocycles. The van der Waals surface area contributed by atoms with E-state index in [1.54, 1.807) is 6.07 Å². The minimum atomic E-state index is -4.37. The molecule has 0 saturated carbocycles. The van der Waals surface area contributed by atoms with Crippen LogP contribution in [0.25, 0.3) is 4.48 Å². The Bertz CT molecular complexity index is 925. The van der Waals surface area contributed by atoms with Crippen LogP contribution >= 0.6 is 31.9 Å². The molecule has 0 aromatic heterocycles. The lowest BCUT2D eigenvalue weighted by Crippen LogP contribution is -2.23. The molecule has 1 atom stereocenters. The van der Waals surface area contributed by atoms with Crippen molar-refractivity contribution in [2.45, 2.75) is 12.2 Å². The highest BCUT2D eigenvalue weighted by molar-refractivity contribution is 9.15. The minimum Gasteiger partial charge on any atom is -0.506 e. The monoisotopic (exact) mass is 503 g/mol. The number of nitrogens with zero attached hydrogens (tertiary/aromatic N) is 1. The number of phenols is 1. The van der Waals surface area contributed by atoms with Crippen molar-refractivity contribution < 1.29 is 18.3 Å². The molecule has 4 nitrogen and oxygen atoms in total. The Balaban J connectivity index is 1.70. The van der Waals surface area contributed by atoms with Crippen molar-refractivity contribution >= 4 is 47.9 Å². The number of nitrogens with one attached hydrogen (secondary N) is 1. The van der Waals surface area contributed by atoms with Crippen LogP contribution in [0.15, 0.2) is 51.9 Å². The predicted molar refractivity (Wildman–Crippen MR) is 107 cm³/mol. The molecule has 0 spiro atoms.